The normalized spacial score (nSPS) is 24.2. The van der Waals surface area contributed by atoms with Crippen LogP contribution in [0.4, 0.5) is 4.79 Å². The summed E-state index contributed by atoms with van der Waals surface area (Å²) in [5, 5.41) is 9.98. The molecule has 1 aromatic rings. The van der Waals surface area contributed by atoms with Crippen LogP contribution in [0.2, 0.25) is 0 Å². The molecule has 0 saturated carbocycles. The molecule has 1 N–H and O–H groups in total. The van der Waals surface area contributed by atoms with Gasteiger partial charge in [0, 0.05) is 6.61 Å². The summed E-state index contributed by atoms with van der Waals surface area (Å²) in [6.07, 6.45) is 0.795. The maximum Gasteiger partial charge on any atom is 0.410 e. The minimum absolute atomic E-state index is 0.270. The lowest BCUT2D eigenvalue weighted by molar-refractivity contribution is -0.212. The van der Waals surface area contributed by atoms with Crippen molar-refractivity contribution in [2.24, 2.45) is 0 Å². The van der Waals surface area contributed by atoms with E-state index < -0.39 is 11.7 Å². The SMILES string of the molecule is O=C(OCc1ccccc1)N1CC2(C1)OCCCC2O. The molecule has 1 amide bonds. The van der Waals surface area contributed by atoms with Gasteiger partial charge in [0.05, 0.1) is 19.2 Å². The van der Waals surface area contributed by atoms with Crippen molar-refractivity contribution in [2.45, 2.75) is 31.2 Å². The van der Waals surface area contributed by atoms with Crippen molar-refractivity contribution in [3.63, 3.8) is 0 Å². The summed E-state index contributed by atoms with van der Waals surface area (Å²) in [4.78, 5) is 13.5. The Morgan fingerprint density at radius 2 is 2.15 bits per heavy atom. The van der Waals surface area contributed by atoms with Crippen LogP contribution in [0.5, 0.6) is 0 Å². The largest absolute Gasteiger partial charge is 0.445 e. The highest BCUT2D eigenvalue weighted by molar-refractivity contribution is 5.69. The third-order valence-electron chi connectivity index (χ3n) is 4.00. The van der Waals surface area contributed by atoms with Gasteiger partial charge in [-0.3, -0.25) is 0 Å². The fourth-order valence-electron chi connectivity index (χ4n) is 2.75. The monoisotopic (exact) mass is 277 g/mol. The van der Waals surface area contributed by atoms with Crippen molar-refractivity contribution in [2.75, 3.05) is 19.7 Å². The average Bonchev–Trinajstić information content (AvgIpc) is 2.44. The molecule has 2 aliphatic heterocycles. The molecular weight excluding hydrogens is 258 g/mol. The minimum Gasteiger partial charge on any atom is -0.445 e. The van der Waals surface area contributed by atoms with Gasteiger partial charge in [-0.05, 0) is 18.4 Å². The van der Waals surface area contributed by atoms with Gasteiger partial charge in [0.2, 0.25) is 0 Å². The van der Waals surface area contributed by atoms with Crippen LogP contribution < -0.4 is 0 Å². The van der Waals surface area contributed by atoms with Gasteiger partial charge < -0.3 is 19.5 Å². The molecule has 2 aliphatic rings. The Morgan fingerprint density at radius 1 is 1.40 bits per heavy atom. The van der Waals surface area contributed by atoms with Crippen molar-refractivity contribution >= 4 is 6.09 Å². The molecule has 0 aromatic heterocycles. The number of amides is 1. The van der Waals surface area contributed by atoms with Gasteiger partial charge >= 0.3 is 6.09 Å². The van der Waals surface area contributed by atoms with Gasteiger partial charge in [0.25, 0.3) is 0 Å². The number of benzene rings is 1. The third-order valence-corrected chi connectivity index (χ3v) is 4.00. The van der Waals surface area contributed by atoms with Gasteiger partial charge in [0.15, 0.2) is 0 Å². The van der Waals surface area contributed by atoms with E-state index in [0.29, 0.717) is 19.7 Å². The fourth-order valence-corrected chi connectivity index (χ4v) is 2.75. The fraction of sp³-hybridized carbons (Fsp3) is 0.533. The van der Waals surface area contributed by atoms with Crippen LogP contribution in [0.25, 0.3) is 0 Å². The zero-order valence-electron chi connectivity index (χ0n) is 11.3. The lowest BCUT2D eigenvalue weighted by Gasteiger charge is -2.53. The number of ether oxygens (including phenoxy) is 2. The average molecular weight is 277 g/mol. The van der Waals surface area contributed by atoms with Crippen LogP contribution in [0.3, 0.4) is 0 Å². The molecular formula is C15H19NO4. The summed E-state index contributed by atoms with van der Waals surface area (Å²) in [6, 6.07) is 9.58. The second-order valence-electron chi connectivity index (χ2n) is 5.47. The number of carbonyl (C=O) groups excluding carboxylic acids is 1. The standard InChI is InChI=1S/C15H19NO4/c17-13-7-4-8-20-15(13)10-16(11-15)14(18)19-9-12-5-2-1-3-6-12/h1-3,5-6,13,17H,4,7-11H2. The van der Waals surface area contributed by atoms with E-state index in [9.17, 15) is 9.90 Å². The van der Waals surface area contributed by atoms with Crippen LogP contribution in [0, 0.1) is 0 Å². The minimum atomic E-state index is -0.552. The van der Waals surface area contributed by atoms with E-state index in [1.165, 1.54) is 0 Å². The summed E-state index contributed by atoms with van der Waals surface area (Å²) >= 11 is 0. The molecule has 5 heteroatoms. The summed E-state index contributed by atoms with van der Waals surface area (Å²) < 4.78 is 10.9. The van der Waals surface area contributed by atoms with Gasteiger partial charge in [-0.1, -0.05) is 30.3 Å². The van der Waals surface area contributed by atoms with Crippen LogP contribution >= 0.6 is 0 Å². The number of aliphatic hydroxyl groups excluding tert-OH is 1. The first-order chi connectivity index (χ1) is 9.70. The lowest BCUT2D eigenvalue weighted by Crippen LogP contribution is -2.71. The summed E-state index contributed by atoms with van der Waals surface area (Å²) in [7, 11) is 0. The Kier molecular flexibility index (Phi) is 3.63. The quantitative estimate of drug-likeness (QED) is 0.891. The third kappa shape index (κ3) is 2.51. The molecule has 0 bridgehead atoms. The molecule has 3 rings (SSSR count). The van der Waals surface area contributed by atoms with E-state index in [1.807, 2.05) is 30.3 Å². The van der Waals surface area contributed by atoms with Crippen LogP contribution in [-0.2, 0) is 16.1 Å². The maximum atomic E-state index is 11.9. The second-order valence-corrected chi connectivity index (χ2v) is 5.47. The molecule has 108 valence electrons. The first kappa shape index (κ1) is 13.4. The van der Waals surface area contributed by atoms with Crippen molar-refractivity contribution in [1.82, 2.24) is 4.90 Å². The van der Waals surface area contributed by atoms with Crippen LogP contribution in [0.15, 0.2) is 30.3 Å². The van der Waals surface area contributed by atoms with Crippen molar-refractivity contribution < 1.29 is 19.4 Å². The predicted molar refractivity (Wildman–Crippen MR) is 72.1 cm³/mol. The number of rotatable bonds is 2. The van der Waals surface area contributed by atoms with Gasteiger partial charge in [0.1, 0.15) is 12.2 Å². The molecule has 20 heavy (non-hydrogen) atoms. The first-order valence-electron chi connectivity index (χ1n) is 6.97. The van der Waals surface area contributed by atoms with Gasteiger partial charge in [-0.2, -0.15) is 0 Å². The van der Waals surface area contributed by atoms with Crippen LogP contribution in [-0.4, -0.2) is 47.5 Å². The molecule has 1 spiro atoms. The molecule has 5 nitrogen and oxygen atoms in total. The van der Waals surface area contributed by atoms with Crippen LogP contribution in [0.1, 0.15) is 18.4 Å². The Morgan fingerprint density at radius 3 is 2.85 bits per heavy atom. The topological polar surface area (TPSA) is 59.0 Å². The Labute approximate surface area is 118 Å². The van der Waals surface area contributed by atoms with E-state index in [4.69, 9.17) is 9.47 Å². The highest BCUT2D eigenvalue weighted by Gasteiger charge is 2.53. The van der Waals surface area contributed by atoms with E-state index in [0.717, 1.165) is 18.4 Å². The molecule has 1 unspecified atom stereocenters. The lowest BCUT2D eigenvalue weighted by atomic mass is 9.84. The second kappa shape index (κ2) is 5.42. The smallest absolute Gasteiger partial charge is 0.410 e. The number of nitrogens with zero attached hydrogens (tertiary/aromatic N) is 1. The number of hydrogen-bond donors (Lipinski definition) is 1. The summed E-state index contributed by atoms with van der Waals surface area (Å²) in [6.45, 7) is 1.76. The molecule has 0 aliphatic carbocycles. The Bertz CT molecular complexity index is 470. The van der Waals surface area contributed by atoms with E-state index in [1.54, 1.807) is 4.90 Å². The molecule has 1 atom stereocenters. The zero-order chi connectivity index (χ0) is 14.0. The maximum absolute atomic E-state index is 11.9. The number of carbonyl (C=O) groups is 1. The van der Waals surface area contributed by atoms with Gasteiger partial charge in [-0.25, -0.2) is 4.79 Å². The van der Waals surface area contributed by atoms with Crippen molar-refractivity contribution in [3.8, 4) is 0 Å². The highest BCUT2D eigenvalue weighted by Crippen LogP contribution is 2.34. The van der Waals surface area contributed by atoms with E-state index >= 15 is 0 Å². The highest BCUT2D eigenvalue weighted by atomic mass is 16.6. The van der Waals surface area contributed by atoms with Crippen molar-refractivity contribution in [1.29, 1.82) is 0 Å². The summed E-state index contributed by atoms with van der Waals surface area (Å²) in [5.74, 6) is 0. The number of likely N-dealkylation sites (tertiary alicyclic amines) is 1. The first-order valence-corrected chi connectivity index (χ1v) is 6.97. The number of hydrogen-bond acceptors (Lipinski definition) is 4. The zero-order valence-corrected chi connectivity index (χ0v) is 11.3. The van der Waals surface area contributed by atoms with E-state index in [-0.39, 0.29) is 12.7 Å². The number of aliphatic hydroxyl groups is 1. The predicted octanol–water partition coefficient (Wildman–Crippen LogP) is 1.55. The Balaban J connectivity index is 1.48. The van der Waals surface area contributed by atoms with Gasteiger partial charge in [-0.15, -0.1) is 0 Å². The van der Waals surface area contributed by atoms with E-state index in [2.05, 4.69) is 0 Å². The molecule has 2 saturated heterocycles. The summed E-state index contributed by atoms with van der Waals surface area (Å²) in [5.41, 5.74) is 0.411. The molecule has 1 aromatic carbocycles. The molecule has 2 fully saturated rings. The Hall–Kier alpha value is -1.59. The molecule has 2 heterocycles. The molecule has 0 radical (unpaired) electrons. The van der Waals surface area contributed by atoms with Crippen molar-refractivity contribution in [3.05, 3.63) is 35.9 Å².